The molecule has 6 heteroatoms. The molecule has 1 aromatic rings. The fourth-order valence-electron chi connectivity index (χ4n) is 2.47. The molecule has 1 fully saturated rings. The fourth-order valence-corrected chi connectivity index (χ4v) is 2.47. The van der Waals surface area contributed by atoms with Gasteiger partial charge in [-0.1, -0.05) is 12.1 Å². The summed E-state index contributed by atoms with van der Waals surface area (Å²) in [6.45, 7) is 2.10. The first-order valence-corrected chi connectivity index (χ1v) is 6.47. The molecule has 1 saturated heterocycles. The number of nitrogens with one attached hydrogen (secondary N) is 1. The van der Waals surface area contributed by atoms with E-state index >= 15 is 0 Å². The van der Waals surface area contributed by atoms with Crippen LogP contribution in [0.25, 0.3) is 0 Å². The van der Waals surface area contributed by atoms with Gasteiger partial charge in [0.05, 0.1) is 13.0 Å². The predicted molar refractivity (Wildman–Crippen MR) is 71.5 cm³/mol. The van der Waals surface area contributed by atoms with Crippen LogP contribution >= 0.6 is 0 Å². The lowest BCUT2D eigenvalue weighted by Crippen LogP contribution is -2.45. The van der Waals surface area contributed by atoms with Gasteiger partial charge in [-0.05, 0) is 31.0 Å². The molecule has 1 aromatic carbocycles. The number of carbonyl (C=O) groups is 2. The van der Waals surface area contributed by atoms with Crippen LogP contribution in [0.1, 0.15) is 24.8 Å². The van der Waals surface area contributed by atoms with Crippen LogP contribution in [-0.4, -0.2) is 41.6 Å². The second-order valence-corrected chi connectivity index (χ2v) is 4.80. The van der Waals surface area contributed by atoms with Crippen LogP contribution in [0.5, 0.6) is 5.75 Å². The molecule has 0 spiro atoms. The van der Waals surface area contributed by atoms with Crippen LogP contribution in [0, 0.1) is 0 Å². The molecular formula is C14H18N2O4. The van der Waals surface area contributed by atoms with E-state index < -0.39 is 11.9 Å². The second-order valence-electron chi connectivity index (χ2n) is 4.80. The first-order chi connectivity index (χ1) is 9.58. The number of hydroxylamine groups is 1. The van der Waals surface area contributed by atoms with E-state index in [2.05, 4.69) is 0 Å². The van der Waals surface area contributed by atoms with E-state index in [0.29, 0.717) is 13.0 Å². The molecule has 6 nitrogen and oxygen atoms in total. The summed E-state index contributed by atoms with van der Waals surface area (Å²) in [4.78, 5) is 25.2. The van der Waals surface area contributed by atoms with Crippen LogP contribution < -0.4 is 10.2 Å². The third kappa shape index (κ3) is 2.60. The topological polar surface area (TPSA) is 78.9 Å². The number of likely N-dealkylation sites (tertiary alicyclic amines) is 1. The molecule has 0 radical (unpaired) electrons. The van der Waals surface area contributed by atoms with Crippen molar-refractivity contribution in [3.8, 4) is 5.75 Å². The van der Waals surface area contributed by atoms with Gasteiger partial charge in [0.2, 0.25) is 5.91 Å². The normalized spacial score (nSPS) is 19.9. The number of hydrogen-bond donors (Lipinski definition) is 2. The van der Waals surface area contributed by atoms with Crippen molar-refractivity contribution in [1.29, 1.82) is 0 Å². The number of carbonyl (C=O) groups excluding carboxylic acids is 2. The number of nitrogens with zero attached hydrogens (tertiary/aromatic N) is 1. The summed E-state index contributed by atoms with van der Waals surface area (Å²) in [6, 6.07) is 6.68. The highest BCUT2D eigenvalue weighted by atomic mass is 16.5. The van der Waals surface area contributed by atoms with Crippen LogP contribution in [0.3, 0.4) is 0 Å². The summed E-state index contributed by atoms with van der Waals surface area (Å²) >= 11 is 0. The highest BCUT2D eigenvalue weighted by Crippen LogP contribution is 2.30. The molecule has 1 heterocycles. The van der Waals surface area contributed by atoms with E-state index in [1.54, 1.807) is 19.5 Å². The van der Waals surface area contributed by atoms with Gasteiger partial charge in [0.15, 0.2) is 0 Å². The van der Waals surface area contributed by atoms with Crippen molar-refractivity contribution in [3.63, 3.8) is 0 Å². The minimum atomic E-state index is -0.671. The molecule has 2 N–H and O–H groups in total. The Balaban J connectivity index is 2.12. The molecule has 1 aliphatic rings. The van der Waals surface area contributed by atoms with Gasteiger partial charge in [0.25, 0.3) is 5.91 Å². The minimum Gasteiger partial charge on any atom is -0.497 e. The van der Waals surface area contributed by atoms with Crippen molar-refractivity contribution >= 4 is 11.8 Å². The SMILES string of the molecule is COc1ccc(C2CCN(C(C)C(=O)NO)C2=O)cc1. The Kier molecular flexibility index (Phi) is 4.24. The number of benzene rings is 1. The van der Waals surface area contributed by atoms with Crippen molar-refractivity contribution in [1.82, 2.24) is 10.4 Å². The maximum absolute atomic E-state index is 12.4. The third-order valence-electron chi connectivity index (χ3n) is 3.72. The van der Waals surface area contributed by atoms with E-state index in [4.69, 9.17) is 9.94 Å². The quantitative estimate of drug-likeness (QED) is 0.633. The summed E-state index contributed by atoms with van der Waals surface area (Å²) in [5.41, 5.74) is 2.49. The number of ether oxygens (including phenoxy) is 1. The Hall–Kier alpha value is -2.08. The van der Waals surface area contributed by atoms with E-state index in [1.165, 1.54) is 4.90 Å². The molecule has 2 atom stereocenters. The molecular weight excluding hydrogens is 260 g/mol. The molecule has 2 amide bonds. The number of rotatable bonds is 4. The Morgan fingerprint density at radius 1 is 1.45 bits per heavy atom. The molecule has 2 rings (SSSR count). The average Bonchev–Trinajstić information content (AvgIpc) is 2.87. The number of methoxy groups -OCH3 is 1. The van der Waals surface area contributed by atoms with Gasteiger partial charge in [0.1, 0.15) is 11.8 Å². The standard InChI is InChI=1S/C14H18N2O4/c1-9(13(17)15-19)16-8-7-12(14(16)18)10-3-5-11(20-2)6-4-10/h3-6,9,12,19H,7-8H2,1-2H3,(H,15,17). The molecule has 108 valence electrons. The lowest BCUT2D eigenvalue weighted by atomic mass is 9.98. The first kappa shape index (κ1) is 14.3. The monoisotopic (exact) mass is 278 g/mol. The zero-order valence-corrected chi connectivity index (χ0v) is 11.5. The van der Waals surface area contributed by atoms with Gasteiger partial charge < -0.3 is 9.64 Å². The van der Waals surface area contributed by atoms with E-state index in [1.807, 2.05) is 24.3 Å². The van der Waals surface area contributed by atoms with Crippen molar-refractivity contribution in [2.45, 2.75) is 25.3 Å². The van der Waals surface area contributed by atoms with Gasteiger partial charge in [-0.2, -0.15) is 0 Å². The lowest BCUT2D eigenvalue weighted by Gasteiger charge is -2.22. The maximum atomic E-state index is 12.4. The van der Waals surface area contributed by atoms with Crippen molar-refractivity contribution in [3.05, 3.63) is 29.8 Å². The van der Waals surface area contributed by atoms with Gasteiger partial charge in [0, 0.05) is 6.54 Å². The summed E-state index contributed by atoms with van der Waals surface area (Å²) in [5, 5.41) is 8.64. The molecule has 20 heavy (non-hydrogen) atoms. The highest BCUT2D eigenvalue weighted by molar-refractivity contribution is 5.91. The summed E-state index contributed by atoms with van der Waals surface area (Å²) in [7, 11) is 1.59. The Morgan fingerprint density at radius 2 is 2.10 bits per heavy atom. The molecule has 0 saturated carbocycles. The average molecular weight is 278 g/mol. The van der Waals surface area contributed by atoms with Gasteiger partial charge in [-0.15, -0.1) is 0 Å². The smallest absolute Gasteiger partial charge is 0.265 e. The molecule has 0 aliphatic carbocycles. The summed E-state index contributed by atoms with van der Waals surface area (Å²) < 4.78 is 5.09. The Bertz CT molecular complexity index is 500. The molecule has 2 unspecified atom stereocenters. The number of hydrogen-bond acceptors (Lipinski definition) is 4. The van der Waals surface area contributed by atoms with Crippen LogP contribution in [0.15, 0.2) is 24.3 Å². The Labute approximate surface area is 117 Å². The van der Waals surface area contributed by atoms with Gasteiger partial charge in [-0.3, -0.25) is 14.8 Å². The molecule has 1 aliphatic heterocycles. The number of amides is 2. The fraction of sp³-hybridized carbons (Fsp3) is 0.429. The van der Waals surface area contributed by atoms with Crippen molar-refractivity contribution in [2.75, 3.05) is 13.7 Å². The summed E-state index contributed by atoms with van der Waals surface area (Å²) in [5.74, 6) is -0.168. The van der Waals surface area contributed by atoms with Crippen molar-refractivity contribution < 1.29 is 19.5 Å². The zero-order chi connectivity index (χ0) is 14.7. The van der Waals surface area contributed by atoms with E-state index in [-0.39, 0.29) is 11.8 Å². The molecule has 0 bridgehead atoms. The Morgan fingerprint density at radius 3 is 2.65 bits per heavy atom. The van der Waals surface area contributed by atoms with Gasteiger partial charge in [-0.25, -0.2) is 5.48 Å². The zero-order valence-electron chi connectivity index (χ0n) is 11.5. The van der Waals surface area contributed by atoms with E-state index in [0.717, 1.165) is 11.3 Å². The lowest BCUT2D eigenvalue weighted by molar-refractivity contribution is -0.141. The summed E-state index contributed by atoms with van der Waals surface area (Å²) in [6.07, 6.45) is 0.661. The van der Waals surface area contributed by atoms with Crippen molar-refractivity contribution in [2.24, 2.45) is 0 Å². The largest absolute Gasteiger partial charge is 0.497 e. The molecule has 0 aromatic heterocycles. The minimum absolute atomic E-state index is 0.0914. The third-order valence-corrected chi connectivity index (χ3v) is 3.72. The highest BCUT2D eigenvalue weighted by Gasteiger charge is 2.37. The predicted octanol–water partition coefficient (Wildman–Crippen LogP) is 0.905. The van der Waals surface area contributed by atoms with Crippen LogP contribution in [0.4, 0.5) is 0 Å². The second kappa shape index (κ2) is 5.92. The van der Waals surface area contributed by atoms with Gasteiger partial charge >= 0.3 is 0 Å². The van der Waals surface area contributed by atoms with E-state index in [9.17, 15) is 9.59 Å². The van der Waals surface area contributed by atoms with Crippen LogP contribution in [-0.2, 0) is 9.59 Å². The first-order valence-electron chi connectivity index (χ1n) is 6.47. The van der Waals surface area contributed by atoms with Crippen LogP contribution in [0.2, 0.25) is 0 Å². The maximum Gasteiger partial charge on any atom is 0.265 e.